The third-order valence-electron chi connectivity index (χ3n) is 3.05. The van der Waals surface area contributed by atoms with Gasteiger partial charge in [0.1, 0.15) is 0 Å². The number of rotatable bonds is 1. The van der Waals surface area contributed by atoms with E-state index in [-0.39, 0.29) is 0 Å². The van der Waals surface area contributed by atoms with Crippen LogP contribution in [0.1, 0.15) is 0 Å². The fraction of sp³-hybridized carbons (Fsp3) is 0.231. The van der Waals surface area contributed by atoms with Gasteiger partial charge < -0.3 is 5.01 Å². The Labute approximate surface area is 89.9 Å². The number of hydrogen-bond donors (Lipinski definition) is 1. The SMILES string of the molecule is C1=CC2CNN(c3ccccc3)C2C=C1. The molecule has 2 aliphatic rings. The summed E-state index contributed by atoms with van der Waals surface area (Å²) in [6, 6.07) is 11.0. The van der Waals surface area contributed by atoms with Crippen molar-refractivity contribution in [3.63, 3.8) is 0 Å². The number of hydrogen-bond acceptors (Lipinski definition) is 2. The van der Waals surface area contributed by atoms with E-state index in [4.69, 9.17) is 0 Å². The number of para-hydroxylation sites is 1. The average molecular weight is 198 g/mol. The quantitative estimate of drug-likeness (QED) is 0.743. The van der Waals surface area contributed by atoms with Crippen LogP contribution in [0.25, 0.3) is 0 Å². The van der Waals surface area contributed by atoms with Crippen LogP contribution in [-0.4, -0.2) is 12.6 Å². The highest BCUT2D eigenvalue weighted by Crippen LogP contribution is 2.27. The van der Waals surface area contributed by atoms with Crippen LogP contribution in [-0.2, 0) is 0 Å². The molecule has 2 atom stereocenters. The van der Waals surface area contributed by atoms with E-state index in [9.17, 15) is 0 Å². The van der Waals surface area contributed by atoms with Crippen LogP contribution in [0.4, 0.5) is 5.69 Å². The number of nitrogens with zero attached hydrogens (tertiary/aromatic N) is 1. The highest BCUT2D eigenvalue weighted by Gasteiger charge is 2.31. The van der Waals surface area contributed by atoms with E-state index in [1.54, 1.807) is 0 Å². The molecule has 2 nitrogen and oxygen atoms in total. The van der Waals surface area contributed by atoms with Gasteiger partial charge in [-0.1, -0.05) is 42.5 Å². The Bertz CT molecular complexity index is 394. The van der Waals surface area contributed by atoms with Crippen LogP contribution >= 0.6 is 0 Å². The van der Waals surface area contributed by atoms with Crippen LogP contribution < -0.4 is 10.4 Å². The maximum absolute atomic E-state index is 3.45. The number of anilines is 1. The molecule has 2 unspecified atom stereocenters. The van der Waals surface area contributed by atoms with Gasteiger partial charge >= 0.3 is 0 Å². The number of fused-ring (bicyclic) bond motifs is 1. The summed E-state index contributed by atoms with van der Waals surface area (Å²) in [7, 11) is 0. The van der Waals surface area contributed by atoms with Gasteiger partial charge in [0.25, 0.3) is 0 Å². The normalized spacial score (nSPS) is 28.1. The Balaban J connectivity index is 1.90. The maximum atomic E-state index is 3.45. The summed E-state index contributed by atoms with van der Waals surface area (Å²) in [5, 5.41) is 2.25. The van der Waals surface area contributed by atoms with Crippen molar-refractivity contribution in [2.45, 2.75) is 6.04 Å². The monoisotopic (exact) mass is 198 g/mol. The molecule has 2 heteroatoms. The zero-order chi connectivity index (χ0) is 10.1. The van der Waals surface area contributed by atoms with Crippen LogP contribution in [0.5, 0.6) is 0 Å². The van der Waals surface area contributed by atoms with Gasteiger partial charge in [-0.3, -0.25) is 0 Å². The molecule has 1 heterocycles. The van der Waals surface area contributed by atoms with E-state index in [1.165, 1.54) is 5.69 Å². The molecule has 0 radical (unpaired) electrons. The second kappa shape index (κ2) is 3.55. The molecule has 76 valence electrons. The molecule has 1 aromatic rings. The van der Waals surface area contributed by atoms with E-state index < -0.39 is 0 Å². The van der Waals surface area contributed by atoms with Crippen molar-refractivity contribution in [1.29, 1.82) is 0 Å². The molecule has 1 aliphatic carbocycles. The fourth-order valence-corrected chi connectivity index (χ4v) is 2.27. The van der Waals surface area contributed by atoms with Crippen LogP contribution in [0.15, 0.2) is 54.6 Å². The highest BCUT2D eigenvalue weighted by molar-refractivity contribution is 5.49. The minimum atomic E-state index is 0.470. The Hall–Kier alpha value is -1.54. The summed E-state index contributed by atoms with van der Waals surface area (Å²) in [6.07, 6.45) is 8.81. The van der Waals surface area contributed by atoms with Gasteiger partial charge in [0, 0.05) is 12.5 Å². The van der Waals surface area contributed by atoms with Gasteiger partial charge in [-0.05, 0) is 12.1 Å². The van der Waals surface area contributed by atoms with Gasteiger partial charge in [-0.25, -0.2) is 5.43 Å². The van der Waals surface area contributed by atoms with Crippen molar-refractivity contribution in [2.24, 2.45) is 5.92 Å². The second-order valence-electron chi connectivity index (χ2n) is 3.99. The Morgan fingerprint density at radius 3 is 2.73 bits per heavy atom. The van der Waals surface area contributed by atoms with Crippen molar-refractivity contribution in [3.05, 3.63) is 54.6 Å². The summed E-state index contributed by atoms with van der Waals surface area (Å²) in [5.74, 6) is 0.607. The van der Waals surface area contributed by atoms with E-state index in [0.29, 0.717) is 12.0 Å². The molecule has 3 rings (SSSR count). The largest absolute Gasteiger partial charge is 0.301 e. The molecule has 0 spiro atoms. The first-order valence-electron chi connectivity index (χ1n) is 5.38. The zero-order valence-corrected chi connectivity index (χ0v) is 8.51. The van der Waals surface area contributed by atoms with Crippen LogP contribution in [0.2, 0.25) is 0 Å². The molecule has 1 fully saturated rings. The summed E-state index contributed by atoms with van der Waals surface area (Å²) < 4.78 is 0. The van der Waals surface area contributed by atoms with Gasteiger partial charge in [0.05, 0.1) is 11.7 Å². The highest BCUT2D eigenvalue weighted by atomic mass is 15.5. The third-order valence-corrected chi connectivity index (χ3v) is 3.05. The molecular weight excluding hydrogens is 184 g/mol. The molecule has 0 aromatic heterocycles. The molecule has 1 aliphatic heterocycles. The van der Waals surface area contributed by atoms with E-state index in [0.717, 1.165) is 6.54 Å². The van der Waals surface area contributed by atoms with Gasteiger partial charge in [-0.2, -0.15) is 0 Å². The predicted octanol–water partition coefficient (Wildman–Crippen LogP) is 2.12. The standard InChI is InChI=1S/C13H14N2/c1-2-7-12(8-3-1)15-13-9-5-4-6-11(13)10-14-15/h1-9,11,13-14H,10H2. The van der Waals surface area contributed by atoms with Crippen molar-refractivity contribution < 1.29 is 0 Å². The summed E-state index contributed by atoms with van der Waals surface area (Å²) in [6.45, 7) is 1.03. The molecule has 0 bridgehead atoms. The first-order valence-corrected chi connectivity index (χ1v) is 5.38. The summed E-state index contributed by atoms with van der Waals surface area (Å²) in [5.41, 5.74) is 4.69. The van der Waals surface area contributed by atoms with E-state index >= 15 is 0 Å². The molecular formula is C13H14N2. The Morgan fingerprint density at radius 1 is 1.07 bits per heavy atom. The lowest BCUT2D eigenvalue weighted by Crippen LogP contribution is -2.37. The molecule has 1 aromatic carbocycles. The van der Waals surface area contributed by atoms with Crippen LogP contribution in [0, 0.1) is 5.92 Å². The minimum absolute atomic E-state index is 0.470. The van der Waals surface area contributed by atoms with E-state index in [2.05, 4.69) is 59.0 Å². The Morgan fingerprint density at radius 2 is 1.87 bits per heavy atom. The molecule has 1 N–H and O–H groups in total. The second-order valence-corrected chi connectivity index (χ2v) is 3.99. The number of benzene rings is 1. The van der Waals surface area contributed by atoms with Crippen molar-refractivity contribution in [1.82, 2.24) is 5.43 Å². The Kier molecular flexibility index (Phi) is 2.07. The topological polar surface area (TPSA) is 15.3 Å². The predicted molar refractivity (Wildman–Crippen MR) is 62.5 cm³/mol. The average Bonchev–Trinajstić information content (AvgIpc) is 2.74. The number of hydrazine groups is 1. The number of nitrogens with one attached hydrogen (secondary N) is 1. The third kappa shape index (κ3) is 1.47. The zero-order valence-electron chi connectivity index (χ0n) is 8.51. The lowest BCUT2D eigenvalue weighted by molar-refractivity contribution is 0.670. The maximum Gasteiger partial charge on any atom is 0.0713 e. The van der Waals surface area contributed by atoms with E-state index in [1.807, 2.05) is 6.07 Å². The summed E-state index contributed by atoms with van der Waals surface area (Å²) >= 11 is 0. The van der Waals surface area contributed by atoms with Crippen LogP contribution in [0.3, 0.4) is 0 Å². The van der Waals surface area contributed by atoms with Gasteiger partial charge in [0.15, 0.2) is 0 Å². The first-order chi connectivity index (χ1) is 7.45. The van der Waals surface area contributed by atoms with Crippen molar-refractivity contribution in [3.8, 4) is 0 Å². The molecule has 15 heavy (non-hydrogen) atoms. The molecule has 1 saturated heterocycles. The number of allylic oxidation sites excluding steroid dienone is 2. The smallest absolute Gasteiger partial charge is 0.0713 e. The first kappa shape index (κ1) is 8.74. The molecule has 0 saturated carbocycles. The lowest BCUT2D eigenvalue weighted by Gasteiger charge is -2.26. The van der Waals surface area contributed by atoms with Gasteiger partial charge in [0.2, 0.25) is 0 Å². The van der Waals surface area contributed by atoms with Gasteiger partial charge in [-0.15, -0.1) is 0 Å². The minimum Gasteiger partial charge on any atom is -0.301 e. The lowest BCUT2D eigenvalue weighted by atomic mass is 9.96. The summed E-state index contributed by atoms with van der Waals surface area (Å²) in [4.78, 5) is 0. The fourth-order valence-electron chi connectivity index (χ4n) is 2.27. The van der Waals surface area contributed by atoms with Crippen molar-refractivity contribution >= 4 is 5.69 Å². The molecule has 0 amide bonds. The van der Waals surface area contributed by atoms with Crippen molar-refractivity contribution in [2.75, 3.05) is 11.6 Å².